The number of nitrogens with one attached hydrogen (secondary N) is 1. The Bertz CT molecular complexity index is 596. The third kappa shape index (κ3) is 3.37. The first-order valence-corrected chi connectivity index (χ1v) is 8.73. The van der Waals surface area contributed by atoms with Gasteiger partial charge in [-0.1, -0.05) is 36.6 Å². The average molecular weight is 335 g/mol. The number of carbonyl (C=O) groups excluding carboxylic acids is 2. The van der Waals surface area contributed by atoms with Crippen LogP contribution in [0.3, 0.4) is 0 Å². The Kier molecular flexibility index (Phi) is 4.62. The van der Waals surface area contributed by atoms with Gasteiger partial charge in [0.05, 0.1) is 0 Å². The van der Waals surface area contributed by atoms with Crippen LogP contribution in [0.25, 0.3) is 0 Å². The molecule has 4 nitrogen and oxygen atoms in total. The van der Waals surface area contributed by atoms with Gasteiger partial charge in [0.1, 0.15) is 5.54 Å². The van der Waals surface area contributed by atoms with Gasteiger partial charge in [-0.2, -0.15) is 0 Å². The van der Waals surface area contributed by atoms with E-state index in [2.05, 4.69) is 5.32 Å². The third-order valence-corrected chi connectivity index (χ3v) is 5.41. The molecule has 1 aromatic carbocycles. The second-order valence-corrected chi connectivity index (χ2v) is 7.27. The number of amides is 2. The summed E-state index contributed by atoms with van der Waals surface area (Å²) in [5, 5.41) is 3.82. The van der Waals surface area contributed by atoms with E-state index in [1.54, 1.807) is 4.90 Å². The highest BCUT2D eigenvalue weighted by atomic mass is 35.5. The molecule has 23 heavy (non-hydrogen) atoms. The number of hydrogen-bond donors (Lipinski definition) is 1. The third-order valence-electron chi connectivity index (χ3n) is 5.16. The van der Waals surface area contributed by atoms with E-state index in [-0.39, 0.29) is 17.9 Å². The Labute approximate surface area is 142 Å². The molecular weight excluding hydrogens is 312 g/mol. The fourth-order valence-corrected chi connectivity index (χ4v) is 3.70. The zero-order chi connectivity index (χ0) is 16.4. The predicted octanol–water partition coefficient (Wildman–Crippen LogP) is 3.28. The van der Waals surface area contributed by atoms with Crippen LogP contribution < -0.4 is 5.32 Å². The van der Waals surface area contributed by atoms with Crippen molar-refractivity contribution >= 4 is 23.4 Å². The summed E-state index contributed by atoms with van der Waals surface area (Å²) in [6, 6.07) is 7.71. The van der Waals surface area contributed by atoms with Gasteiger partial charge in [-0.05, 0) is 43.9 Å². The summed E-state index contributed by atoms with van der Waals surface area (Å²) in [7, 11) is 0. The molecule has 2 aliphatic rings. The first kappa shape index (κ1) is 16.3. The summed E-state index contributed by atoms with van der Waals surface area (Å²) in [5.41, 5.74) is 0.240. The largest absolute Gasteiger partial charge is 0.351 e. The molecule has 0 bridgehead atoms. The van der Waals surface area contributed by atoms with Crippen LogP contribution in [-0.4, -0.2) is 28.3 Å². The van der Waals surface area contributed by atoms with Gasteiger partial charge in [-0.15, -0.1) is 0 Å². The highest BCUT2D eigenvalue weighted by molar-refractivity contribution is 6.30. The minimum atomic E-state index is -0.751. The molecule has 0 radical (unpaired) electrons. The van der Waals surface area contributed by atoms with Gasteiger partial charge in [0.2, 0.25) is 11.8 Å². The maximum atomic E-state index is 12.8. The number of halogens is 1. The minimum absolute atomic E-state index is 0.00999. The SMILES string of the molecule is CC1(C(=O)NC2CCCC2)CCC(=O)N1Cc1ccc(Cl)cc1. The van der Waals surface area contributed by atoms with Crippen molar-refractivity contribution in [2.24, 2.45) is 0 Å². The lowest BCUT2D eigenvalue weighted by molar-refractivity contribution is -0.141. The van der Waals surface area contributed by atoms with Crippen LogP contribution in [-0.2, 0) is 16.1 Å². The first-order valence-electron chi connectivity index (χ1n) is 8.35. The van der Waals surface area contributed by atoms with E-state index in [1.165, 1.54) is 12.8 Å². The van der Waals surface area contributed by atoms with Crippen molar-refractivity contribution in [1.82, 2.24) is 10.2 Å². The van der Waals surface area contributed by atoms with Gasteiger partial charge in [0, 0.05) is 24.0 Å². The van der Waals surface area contributed by atoms with Crippen molar-refractivity contribution in [2.75, 3.05) is 0 Å². The molecule has 2 amide bonds. The summed E-state index contributed by atoms with van der Waals surface area (Å²) < 4.78 is 0. The molecule has 1 saturated heterocycles. The summed E-state index contributed by atoms with van der Waals surface area (Å²) in [6.07, 6.45) is 5.46. The summed E-state index contributed by atoms with van der Waals surface area (Å²) in [5.74, 6) is 0.0354. The number of likely N-dealkylation sites (tertiary alicyclic amines) is 1. The molecule has 1 atom stereocenters. The van der Waals surface area contributed by atoms with Gasteiger partial charge in [0.25, 0.3) is 0 Å². The van der Waals surface area contributed by atoms with Crippen LogP contribution in [0.15, 0.2) is 24.3 Å². The fraction of sp³-hybridized carbons (Fsp3) is 0.556. The second-order valence-electron chi connectivity index (χ2n) is 6.84. The van der Waals surface area contributed by atoms with Crippen LogP contribution in [0, 0.1) is 0 Å². The lowest BCUT2D eigenvalue weighted by atomic mass is 9.96. The maximum absolute atomic E-state index is 12.8. The van der Waals surface area contributed by atoms with Crippen LogP contribution in [0.4, 0.5) is 0 Å². The molecule has 1 N–H and O–H groups in total. The minimum Gasteiger partial charge on any atom is -0.351 e. The highest BCUT2D eigenvalue weighted by Crippen LogP contribution is 2.33. The topological polar surface area (TPSA) is 49.4 Å². The molecule has 1 unspecified atom stereocenters. The average Bonchev–Trinajstić information content (AvgIpc) is 3.13. The van der Waals surface area contributed by atoms with Gasteiger partial charge in [-0.25, -0.2) is 0 Å². The summed E-state index contributed by atoms with van der Waals surface area (Å²) >= 11 is 5.91. The van der Waals surface area contributed by atoms with E-state index in [4.69, 9.17) is 11.6 Å². The van der Waals surface area contributed by atoms with Crippen LogP contribution >= 0.6 is 11.6 Å². The maximum Gasteiger partial charge on any atom is 0.245 e. The Balaban J connectivity index is 1.74. The Morgan fingerprint density at radius 3 is 2.61 bits per heavy atom. The lowest BCUT2D eigenvalue weighted by Gasteiger charge is -2.35. The smallest absolute Gasteiger partial charge is 0.245 e. The lowest BCUT2D eigenvalue weighted by Crippen LogP contribution is -2.55. The van der Waals surface area contributed by atoms with Gasteiger partial charge >= 0.3 is 0 Å². The van der Waals surface area contributed by atoms with Crippen molar-refractivity contribution in [1.29, 1.82) is 0 Å². The van der Waals surface area contributed by atoms with Crippen molar-refractivity contribution in [3.8, 4) is 0 Å². The Hall–Kier alpha value is -1.55. The predicted molar refractivity (Wildman–Crippen MR) is 90.0 cm³/mol. The van der Waals surface area contributed by atoms with Crippen molar-refractivity contribution in [3.05, 3.63) is 34.9 Å². The highest BCUT2D eigenvalue weighted by Gasteiger charge is 2.47. The molecule has 1 heterocycles. The van der Waals surface area contributed by atoms with Gasteiger partial charge < -0.3 is 10.2 Å². The van der Waals surface area contributed by atoms with Crippen LogP contribution in [0.5, 0.6) is 0 Å². The van der Waals surface area contributed by atoms with Gasteiger partial charge in [-0.3, -0.25) is 9.59 Å². The van der Waals surface area contributed by atoms with E-state index in [0.717, 1.165) is 18.4 Å². The molecule has 1 aliphatic carbocycles. The number of benzene rings is 1. The van der Waals surface area contributed by atoms with Crippen LogP contribution in [0.2, 0.25) is 5.02 Å². The Morgan fingerprint density at radius 1 is 1.30 bits per heavy atom. The molecule has 2 fully saturated rings. The van der Waals surface area contributed by atoms with Crippen LogP contribution in [0.1, 0.15) is 51.0 Å². The molecule has 1 saturated carbocycles. The van der Waals surface area contributed by atoms with E-state index < -0.39 is 5.54 Å². The quantitative estimate of drug-likeness (QED) is 0.918. The molecule has 0 aromatic heterocycles. The molecule has 3 rings (SSSR count). The Morgan fingerprint density at radius 2 is 1.96 bits per heavy atom. The zero-order valence-electron chi connectivity index (χ0n) is 13.5. The van der Waals surface area contributed by atoms with Crippen molar-refractivity contribution < 1.29 is 9.59 Å². The van der Waals surface area contributed by atoms with E-state index in [1.807, 2.05) is 31.2 Å². The molecule has 0 spiro atoms. The standard InChI is InChI=1S/C18H23ClN2O2/c1-18(17(23)20-15-4-2-3-5-15)11-10-16(22)21(18)12-13-6-8-14(19)9-7-13/h6-9,15H,2-5,10-12H2,1H3,(H,20,23). The van der Waals surface area contributed by atoms with Crippen molar-refractivity contribution in [2.45, 2.75) is 63.6 Å². The molecule has 1 aliphatic heterocycles. The number of nitrogens with zero attached hydrogens (tertiary/aromatic N) is 1. The first-order chi connectivity index (χ1) is 11.0. The summed E-state index contributed by atoms with van der Waals surface area (Å²) in [6.45, 7) is 2.34. The molecular formula is C18H23ClN2O2. The number of hydrogen-bond acceptors (Lipinski definition) is 2. The number of rotatable bonds is 4. The molecule has 5 heteroatoms. The van der Waals surface area contributed by atoms with E-state index in [9.17, 15) is 9.59 Å². The zero-order valence-corrected chi connectivity index (χ0v) is 14.2. The molecule has 1 aromatic rings. The van der Waals surface area contributed by atoms with E-state index in [0.29, 0.717) is 24.4 Å². The second kappa shape index (κ2) is 6.52. The number of carbonyl (C=O) groups is 2. The summed E-state index contributed by atoms with van der Waals surface area (Å²) in [4.78, 5) is 26.8. The normalized spacial score (nSPS) is 25.1. The van der Waals surface area contributed by atoms with Crippen molar-refractivity contribution in [3.63, 3.8) is 0 Å². The monoisotopic (exact) mass is 334 g/mol. The van der Waals surface area contributed by atoms with Gasteiger partial charge in [0.15, 0.2) is 0 Å². The van der Waals surface area contributed by atoms with E-state index >= 15 is 0 Å². The fourth-order valence-electron chi connectivity index (χ4n) is 3.58. The molecule has 124 valence electrons.